The minimum absolute atomic E-state index is 0.0909. The molecule has 0 spiro atoms. The van der Waals surface area contributed by atoms with Gasteiger partial charge < -0.3 is 9.80 Å². The van der Waals surface area contributed by atoms with Gasteiger partial charge in [0.25, 0.3) is 15.9 Å². The molecule has 1 aliphatic rings. The molecule has 29 heavy (non-hydrogen) atoms. The van der Waals surface area contributed by atoms with Crippen LogP contribution in [0.4, 0.5) is 5.69 Å². The van der Waals surface area contributed by atoms with E-state index in [1.807, 2.05) is 45.0 Å². The smallest absolute Gasteiger partial charge is 0.261 e. The molecule has 0 aromatic heterocycles. The summed E-state index contributed by atoms with van der Waals surface area (Å²) in [7, 11) is 0.260. The molecule has 1 amide bonds. The predicted molar refractivity (Wildman–Crippen MR) is 116 cm³/mol. The van der Waals surface area contributed by atoms with E-state index >= 15 is 0 Å². The lowest BCUT2D eigenvalue weighted by molar-refractivity contribution is 0.0634. The highest BCUT2D eigenvalue weighted by Gasteiger charge is 2.27. The molecule has 1 N–H and O–H groups in total. The van der Waals surface area contributed by atoms with Crippen LogP contribution in [0, 0.1) is 13.8 Å². The number of aryl methyl sites for hydroxylation is 2. The number of hydrogen-bond donors (Lipinski definition) is 1. The third kappa shape index (κ3) is 4.97. The van der Waals surface area contributed by atoms with E-state index in [0.717, 1.165) is 24.0 Å². The maximum atomic E-state index is 13.2. The molecular weight excluding hydrogens is 386 g/mol. The lowest BCUT2D eigenvalue weighted by Gasteiger charge is -2.36. The SMILES string of the molecule is Cc1ccc(NS(=O)(=O)c2ccc(C)c(C(=O)N3CCCC(N(C)C)C3)c2)cc1. The van der Waals surface area contributed by atoms with Crippen molar-refractivity contribution < 1.29 is 13.2 Å². The average Bonchev–Trinajstić information content (AvgIpc) is 2.69. The van der Waals surface area contributed by atoms with Gasteiger partial charge in [-0.1, -0.05) is 23.8 Å². The van der Waals surface area contributed by atoms with Gasteiger partial charge in [-0.2, -0.15) is 0 Å². The van der Waals surface area contributed by atoms with Crippen molar-refractivity contribution in [1.29, 1.82) is 0 Å². The van der Waals surface area contributed by atoms with E-state index in [2.05, 4.69) is 9.62 Å². The fraction of sp³-hybridized carbons (Fsp3) is 0.409. The Morgan fingerprint density at radius 2 is 1.79 bits per heavy atom. The number of likely N-dealkylation sites (tertiary alicyclic amines) is 1. The second-order valence-electron chi connectivity index (χ2n) is 7.96. The minimum Gasteiger partial charge on any atom is -0.337 e. The van der Waals surface area contributed by atoms with Gasteiger partial charge in [0.15, 0.2) is 0 Å². The Morgan fingerprint density at radius 3 is 2.45 bits per heavy atom. The number of carbonyl (C=O) groups is 1. The summed E-state index contributed by atoms with van der Waals surface area (Å²) in [6, 6.07) is 12.2. The van der Waals surface area contributed by atoms with E-state index in [0.29, 0.717) is 30.4 Å². The van der Waals surface area contributed by atoms with E-state index in [4.69, 9.17) is 0 Å². The van der Waals surface area contributed by atoms with Crippen LogP contribution in [0.25, 0.3) is 0 Å². The van der Waals surface area contributed by atoms with Crippen molar-refractivity contribution in [2.24, 2.45) is 0 Å². The summed E-state index contributed by atoms with van der Waals surface area (Å²) in [5.41, 5.74) is 2.76. The lowest BCUT2D eigenvalue weighted by Crippen LogP contribution is -2.47. The van der Waals surface area contributed by atoms with Gasteiger partial charge in [-0.3, -0.25) is 9.52 Å². The summed E-state index contributed by atoms with van der Waals surface area (Å²) in [5.74, 6) is -0.110. The Hall–Kier alpha value is -2.38. The molecule has 2 aromatic carbocycles. The molecule has 156 valence electrons. The molecule has 2 aromatic rings. The van der Waals surface area contributed by atoms with Crippen molar-refractivity contribution in [3.05, 3.63) is 59.2 Å². The summed E-state index contributed by atoms with van der Waals surface area (Å²) in [6.45, 7) is 5.13. The quantitative estimate of drug-likeness (QED) is 0.814. The monoisotopic (exact) mass is 415 g/mol. The number of anilines is 1. The first-order chi connectivity index (χ1) is 13.7. The Balaban J connectivity index is 1.85. The standard InChI is InChI=1S/C22H29N3O3S/c1-16-7-10-18(11-8-16)23-29(27,28)20-12-9-17(2)21(14-20)22(26)25-13-5-6-19(15-25)24(3)4/h7-12,14,19,23H,5-6,13,15H2,1-4H3. The van der Waals surface area contributed by atoms with Gasteiger partial charge in [-0.05, 0) is 70.6 Å². The first-order valence-corrected chi connectivity index (χ1v) is 11.3. The molecular formula is C22H29N3O3S. The lowest BCUT2D eigenvalue weighted by atomic mass is 10.0. The third-order valence-electron chi connectivity index (χ3n) is 5.47. The van der Waals surface area contributed by atoms with Crippen LogP contribution in [0.3, 0.4) is 0 Å². The zero-order valence-corrected chi connectivity index (χ0v) is 18.3. The van der Waals surface area contributed by atoms with Crippen LogP contribution in [0.15, 0.2) is 47.4 Å². The van der Waals surface area contributed by atoms with Crippen LogP contribution in [-0.2, 0) is 10.0 Å². The van der Waals surface area contributed by atoms with Gasteiger partial charge in [0.05, 0.1) is 4.90 Å². The number of hydrogen-bond acceptors (Lipinski definition) is 4. The molecule has 6 nitrogen and oxygen atoms in total. The Morgan fingerprint density at radius 1 is 1.10 bits per heavy atom. The van der Waals surface area contributed by atoms with E-state index in [9.17, 15) is 13.2 Å². The van der Waals surface area contributed by atoms with Gasteiger partial charge in [0, 0.05) is 30.4 Å². The molecule has 1 saturated heterocycles. The van der Waals surface area contributed by atoms with Gasteiger partial charge >= 0.3 is 0 Å². The number of likely N-dealkylation sites (N-methyl/N-ethyl adjacent to an activating group) is 1. The number of benzene rings is 2. The van der Waals surface area contributed by atoms with Gasteiger partial charge in [-0.25, -0.2) is 8.42 Å². The number of rotatable bonds is 5. The van der Waals surface area contributed by atoms with Crippen LogP contribution in [0.5, 0.6) is 0 Å². The number of sulfonamides is 1. The number of amides is 1. The Kier molecular flexibility index (Phi) is 6.29. The first kappa shape index (κ1) is 21.3. The first-order valence-electron chi connectivity index (χ1n) is 9.83. The molecule has 1 unspecified atom stereocenters. The molecule has 1 heterocycles. The van der Waals surface area contributed by atoms with E-state index < -0.39 is 10.0 Å². The zero-order chi connectivity index (χ0) is 21.2. The maximum Gasteiger partial charge on any atom is 0.261 e. The normalized spacial score (nSPS) is 17.4. The highest BCUT2D eigenvalue weighted by atomic mass is 32.2. The second-order valence-corrected chi connectivity index (χ2v) is 9.64. The largest absolute Gasteiger partial charge is 0.337 e. The summed E-state index contributed by atoms with van der Waals surface area (Å²) in [5, 5.41) is 0. The highest BCUT2D eigenvalue weighted by Crippen LogP contribution is 2.23. The van der Waals surface area contributed by atoms with Crippen molar-refractivity contribution in [3.8, 4) is 0 Å². The van der Waals surface area contributed by atoms with E-state index in [1.54, 1.807) is 24.3 Å². The average molecular weight is 416 g/mol. The fourth-order valence-corrected chi connectivity index (χ4v) is 4.65. The van der Waals surface area contributed by atoms with Crippen LogP contribution in [0.1, 0.15) is 34.3 Å². The molecule has 1 atom stereocenters. The van der Waals surface area contributed by atoms with Gasteiger partial charge in [0.1, 0.15) is 0 Å². The summed E-state index contributed by atoms with van der Waals surface area (Å²) in [6.07, 6.45) is 2.01. The maximum absolute atomic E-state index is 13.2. The second kappa shape index (κ2) is 8.55. The molecule has 0 bridgehead atoms. The molecule has 1 fully saturated rings. The van der Waals surface area contributed by atoms with Gasteiger partial charge in [-0.15, -0.1) is 0 Å². The molecule has 0 radical (unpaired) electrons. The van der Waals surface area contributed by atoms with Crippen molar-refractivity contribution in [1.82, 2.24) is 9.80 Å². The number of nitrogens with one attached hydrogen (secondary N) is 1. The number of piperidine rings is 1. The molecule has 0 saturated carbocycles. The Bertz CT molecular complexity index is 985. The topological polar surface area (TPSA) is 69.7 Å². The van der Waals surface area contributed by atoms with Crippen molar-refractivity contribution in [2.75, 3.05) is 31.9 Å². The predicted octanol–water partition coefficient (Wildman–Crippen LogP) is 3.27. The van der Waals surface area contributed by atoms with Crippen molar-refractivity contribution >= 4 is 21.6 Å². The summed E-state index contributed by atoms with van der Waals surface area (Å²) < 4.78 is 28.3. The Labute approximate surface area is 173 Å². The molecule has 3 rings (SSSR count). The van der Waals surface area contributed by atoms with E-state index in [-0.39, 0.29) is 10.8 Å². The van der Waals surface area contributed by atoms with Crippen LogP contribution < -0.4 is 4.72 Å². The number of carbonyl (C=O) groups excluding carboxylic acids is 1. The van der Waals surface area contributed by atoms with E-state index in [1.165, 1.54) is 6.07 Å². The summed E-state index contributed by atoms with van der Waals surface area (Å²) >= 11 is 0. The van der Waals surface area contributed by atoms with Crippen LogP contribution in [0.2, 0.25) is 0 Å². The van der Waals surface area contributed by atoms with Crippen molar-refractivity contribution in [2.45, 2.75) is 37.6 Å². The summed E-state index contributed by atoms with van der Waals surface area (Å²) in [4.78, 5) is 17.2. The fourth-order valence-electron chi connectivity index (χ4n) is 3.57. The number of nitrogens with zero attached hydrogens (tertiary/aromatic N) is 2. The molecule has 0 aliphatic carbocycles. The highest BCUT2D eigenvalue weighted by molar-refractivity contribution is 7.92. The zero-order valence-electron chi connectivity index (χ0n) is 17.5. The van der Waals surface area contributed by atoms with Crippen LogP contribution >= 0.6 is 0 Å². The van der Waals surface area contributed by atoms with Gasteiger partial charge in [0.2, 0.25) is 0 Å². The van der Waals surface area contributed by atoms with Crippen molar-refractivity contribution in [3.63, 3.8) is 0 Å². The molecule has 7 heteroatoms. The third-order valence-corrected chi connectivity index (χ3v) is 6.85. The van der Waals surface area contributed by atoms with Crippen LogP contribution in [-0.4, -0.2) is 57.4 Å². The molecule has 1 aliphatic heterocycles. The minimum atomic E-state index is -3.78.